The lowest BCUT2D eigenvalue weighted by atomic mass is 9.99. The van der Waals surface area contributed by atoms with Gasteiger partial charge in [-0.15, -0.1) is 0 Å². The number of rotatable bonds is 3. The van der Waals surface area contributed by atoms with E-state index in [0.29, 0.717) is 63.5 Å². The van der Waals surface area contributed by atoms with E-state index in [4.69, 9.17) is 14.6 Å². The molecule has 0 aliphatic carbocycles. The van der Waals surface area contributed by atoms with Crippen LogP contribution in [0.25, 0.3) is 0 Å². The number of nitrogens with zero attached hydrogens (tertiary/aromatic N) is 2. The van der Waals surface area contributed by atoms with E-state index in [9.17, 15) is 9.59 Å². The first-order chi connectivity index (χ1) is 16.1. The summed E-state index contributed by atoms with van der Waals surface area (Å²) < 4.78 is 11.5. The molecule has 2 aromatic rings. The minimum Gasteiger partial charge on any atom is -0.491 e. The van der Waals surface area contributed by atoms with Gasteiger partial charge in [0.05, 0.1) is 19.8 Å². The zero-order valence-electron chi connectivity index (χ0n) is 18.8. The van der Waals surface area contributed by atoms with Crippen LogP contribution >= 0.6 is 0 Å². The second-order valence-corrected chi connectivity index (χ2v) is 8.27. The molecule has 8 nitrogen and oxygen atoms in total. The summed E-state index contributed by atoms with van der Waals surface area (Å²) in [5, 5.41) is 12.0. The average molecular weight is 454 g/mol. The van der Waals surface area contributed by atoms with Crippen molar-refractivity contribution in [2.75, 3.05) is 65.7 Å². The zero-order chi connectivity index (χ0) is 23.0. The number of aliphatic hydroxyl groups excluding tert-OH is 1. The van der Waals surface area contributed by atoms with Crippen molar-refractivity contribution in [3.05, 3.63) is 64.7 Å². The van der Waals surface area contributed by atoms with E-state index >= 15 is 0 Å². The molecule has 2 heterocycles. The number of nitrogens with one attached hydrogen (secondary N) is 1. The Balaban J connectivity index is 1.56. The summed E-state index contributed by atoms with van der Waals surface area (Å²) in [6.45, 7) is 5.23. The van der Waals surface area contributed by atoms with Gasteiger partial charge in [-0.1, -0.05) is 12.1 Å². The van der Waals surface area contributed by atoms with Crippen LogP contribution in [0.15, 0.2) is 42.5 Å². The molecule has 0 aromatic heterocycles. The molecule has 1 fully saturated rings. The first-order valence-corrected chi connectivity index (χ1v) is 11.5. The van der Waals surface area contributed by atoms with Gasteiger partial charge in [-0.2, -0.15) is 0 Å². The number of β-amino-alcohol motifs (C(OH)–C–C–N with tert-alkyl or cyclic N) is 1. The number of fused-ring (bicyclic) bond motifs is 3. The Morgan fingerprint density at radius 1 is 1.03 bits per heavy atom. The lowest BCUT2D eigenvalue weighted by Crippen LogP contribution is -2.49. The van der Waals surface area contributed by atoms with E-state index in [1.54, 1.807) is 6.07 Å². The molecule has 2 aliphatic heterocycles. The first kappa shape index (κ1) is 23.2. The SMILES string of the molecule is O=C1NCCOCCOc2ccc(C(=O)N3CCN(CCO)CC3)cc2Cc2cccc1c2. The molecule has 2 N–H and O–H groups in total. The monoisotopic (exact) mass is 453 g/mol. The lowest BCUT2D eigenvalue weighted by Gasteiger charge is -2.34. The molecular weight excluding hydrogens is 422 g/mol. The van der Waals surface area contributed by atoms with Gasteiger partial charge in [-0.05, 0) is 41.5 Å². The van der Waals surface area contributed by atoms with Gasteiger partial charge in [0.25, 0.3) is 11.8 Å². The van der Waals surface area contributed by atoms with Gasteiger partial charge in [-0.3, -0.25) is 14.5 Å². The highest BCUT2D eigenvalue weighted by molar-refractivity contribution is 5.95. The van der Waals surface area contributed by atoms with Crippen molar-refractivity contribution in [3.63, 3.8) is 0 Å². The molecule has 2 aromatic carbocycles. The highest BCUT2D eigenvalue weighted by Gasteiger charge is 2.23. The second kappa shape index (κ2) is 11.3. The van der Waals surface area contributed by atoms with Crippen LogP contribution in [0, 0.1) is 0 Å². The number of carbonyl (C=O) groups excluding carboxylic acids is 2. The number of benzene rings is 2. The third kappa shape index (κ3) is 6.10. The molecule has 176 valence electrons. The Hall–Kier alpha value is -2.94. The predicted molar refractivity (Wildman–Crippen MR) is 124 cm³/mol. The first-order valence-electron chi connectivity index (χ1n) is 11.5. The molecule has 0 saturated carbocycles. The number of carbonyl (C=O) groups is 2. The second-order valence-electron chi connectivity index (χ2n) is 8.27. The molecule has 0 atom stereocenters. The van der Waals surface area contributed by atoms with Crippen LogP contribution in [0.3, 0.4) is 0 Å². The zero-order valence-corrected chi connectivity index (χ0v) is 18.8. The summed E-state index contributed by atoms with van der Waals surface area (Å²) in [6.07, 6.45) is 0.544. The quantitative estimate of drug-likeness (QED) is 0.725. The van der Waals surface area contributed by atoms with Crippen LogP contribution in [-0.2, 0) is 11.2 Å². The molecule has 2 bridgehead atoms. The average Bonchev–Trinajstić information content (AvgIpc) is 2.84. The van der Waals surface area contributed by atoms with Crippen molar-refractivity contribution in [2.45, 2.75) is 6.42 Å². The van der Waals surface area contributed by atoms with Crippen molar-refractivity contribution in [1.29, 1.82) is 0 Å². The molecule has 4 rings (SSSR count). The fourth-order valence-electron chi connectivity index (χ4n) is 4.18. The number of hydrogen-bond donors (Lipinski definition) is 2. The molecule has 0 unspecified atom stereocenters. The third-order valence-electron chi connectivity index (χ3n) is 5.98. The standard InChI is InChI=1S/C25H31N3O5/c29-12-11-27-7-9-28(10-8-27)25(31)21-4-5-23-22(18-21)17-19-2-1-3-20(16-19)24(30)26-6-13-32-14-15-33-23/h1-5,16,18,29H,6-15,17H2,(H,26,30). The molecule has 2 amide bonds. The fourth-order valence-corrected chi connectivity index (χ4v) is 4.18. The van der Waals surface area contributed by atoms with Crippen LogP contribution in [0.2, 0.25) is 0 Å². The van der Waals surface area contributed by atoms with Gasteiger partial charge in [0.2, 0.25) is 0 Å². The maximum absolute atomic E-state index is 13.2. The Kier molecular flexibility index (Phi) is 7.93. The number of ether oxygens (including phenoxy) is 2. The maximum Gasteiger partial charge on any atom is 0.253 e. The number of piperazine rings is 1. The van der Waals surface area contributed by atoms with Crippen LogP contribution < -0.4 is 10.1 Å². The maximum atomic E-state index is 13.2. The number of aliphatic hydroxyl groups is 1. The highest BCUT2D eigenvalue weighted by atomic mass is 16.5. The topological polar surface area (TPSA) is 91.3 Å². The van der Waals surface area contributed by atoms with Gasteiger partial charge in [0, 0.05) is 56.8 Å². The van der Waals surface area contributed by atoms with E-state index < -0.39 is 0 Å². The van der Waals surface area contributed by atoms with Crippen LogP contribution in [0.1, 0.15) is 31.8 Å². The summed E-state index contributed by atoms with van der Waals surface area (Å²) in [5.41, 5.74) is 3.09. The Bertz CT molecular complexity index is 972. The number of hydrogen-bond acceptors (Lipinski definition) is 6. The van der Waals surface area contributed by atoms with Crippen LogP contribution in [-0.4, -0.2) is 92.4 Å². The molecule has 0 spiro atoms. The van der Waals surface area contributed by atoms with Gasteiger partial charge in [0.1, 0.15) is 12.4 Å². The van der Waals surface area contributed by atoms with Gasteiger partial charge < -0.3 is 24.8 Å². The van der Waals surface area contributed by atoms with Crippen LogP contribution in [0.4, 0.5) is 0 Å². The van der Waals surface area contributed by atoms with Crippen molar-refractivity contribution in [1.82, 2.24) is 15.1 Å². The highest BCUT2D eigenvalue weighted by Crippen LogP contribution is 2.25. The minimum absolute atomic E-state index is 0.00249. The molecular formula is C25H31N3O5. The van der Waals surface area contributed by atoms with Crippen molar-refractivity contribution >= 4 is 11.8 Å². The normalized spacial score (nSPS) is 18.0. The predicted octanol–water partition coefficient (Wildman–Crippen LogP) is 1.17. The lowest BCUT2D eigenvalue weighted by molar-refractivity contribution is 0.0614. The molecule has 2 aliphatic rings. The van der Waals surface area contributed by atoms with Crippen LogP contribution in [0.5, 0.6) is 5.75 Å². The third-order valence-corrected chi connectivity index (χ3v) is 5.98. The van der Waals surface area contributed by atoms with Crippen molar-refractivity contribution < 1.29 is 24.2 Å². The summed E-state index contributed by atoms with van der Waals surface area (Å²) >= 11 is 0. The van der Waals surface area contributed by atoms with Gasteiger partial charge in [0.15, 0.2) is 0 Å². The van der Waals surface area contributed by atoms with E-state index in [1.807, 2.05) is 41.3 Å². The summed E-state index contributed by atoms with van der Waals surface area (Å²) in [5.74, 6) is 0.588. The smallest absolute Gasteiger partial charge is 0.253 e. The van der Waals surface area contributed by atoms with Gasteiger partial charge >= 0.3 is 0 Å². The van der Waals surface area contributed by atoms with E-state index in [1.165, 1.54) is 0 Å². The molecule has 33 heavy (non-hydrogen) atoms. The fraction of sp³-hybridized carbons (Fsp3) is 0.440. The van der Waals surface area contributed by atoms with Crippen molar-refractivity contribution in [3.8, 4) is 5.75 Å². The van der Waals surface area contributed by atoms with E-state index in [-0.39, 0.29) is 18.4 Å². The van der Waals surface area contributed by atoms with Gasteiger partial charge in [-0.25, -0.2) is 0 Å². The minimum atomic E-state index is -0.127. The molecule has 1 saturated heterocycles. The summed E-state index contributed by atoms with van der Waals surface area (Å²) in [7, 11) is 0. The molecule has 0 radical (unpaired) electrons. The van der Waals surface area contributed by atoms with E-state index in [0.717, 1.165) is 30.0 Å². The van der Waals surface area contributed by atoms with Crippen molar-refractivity contribution in [2.24, 2.45) is 0 Å². The molecule has 8 heteroatoms. The Labute approximate surface area is 194 Å². The summed E-state index contributed by atoms with van der Waals surface area (Å²) in [4.78, 5) is 29.6. The number of amides is 2. The largest absolute Gasteiger partial charge is 0.491 e. The Morgan fingerprint density at radius 3 is 2.70 bits per heavy atom. The summed E-state index contributed by atoms with van der Waals surface area (Å²) in [6, 6.07) is 13.1. The van der Waals surface area contributed by atoms with E-state index in [2.05, 4.69) is 10.2 Å². The Morgan fingerprint density at radius 2 is 1.88 bits per heavy atom.